The monoisotopic (exact) mass is 312 g/mol. The zero-order valence-corrected chi connectivity index (χ0v) is 12.1. The van der Waals surface area contributed by atoms with Gasteiger partial charge in [0, 0.05) is 12.7 Å². The normalized spacial score (nSPS) is 25.9. The molecular formula is C15H15ClF2N2O. The van der Waals surface area contributed by atoms with Gasteiger partial charge in [0.05, 0.1) is 23.5 Å². The Bertz CT molecular complexity index is 699. The molecule has 6 heteroatoms. The fourth-order valence-corrected chi connectivity index (χ4v) is 3.57. The van der Waals surface area contributed by atoms with Crippen molar-refractivity contribution in [2.45, 2.75) is 37.3 Å². The summed E-state index contributed by atoms with van der Waals surface area (Å²) in [5.41, 5.74) is 0.665. The predicted octanol–water partition coefficient (Wildman–Crippen LogP) is 3.79. The maximum absolute atomic E-state index is 13.9. The first-order chi connectivity index (χ1) is 10.2. The molecule has 2 heterocycles. The van der Waals surface area contributed by atoms with Crippen molar-refractivity contribution in [1.82, 2.24) is 9.55 Å². The van der Waals surface area contributed by atoms with Crippen LogP contribution in [0.3, 0.4) is 0 Å². The molecule has 1 aliphatic heterocycles. The molecule has 0 radical (unpaired) electrons. The Labute approximate surface area is 125 Å². The number of benzene rings is 1. The maximum Gasteiger partial charge on any atom is 0.153 e. The third-order valence-corrected chi connectivity index (χ3v) is 4.67. The average molecular weight is 313 g/mol. The number of imidazole rings is 1. The Morgan fingerprint density at radius 2 is 2.10 bits per heavy atom. The highest BCUT2D eigenvalue weighted by Crippen LogP contribution is 2.44. The number of ether oxygens (including phenoxy) is 1. The summed E-state index contributed by atoms with van der Waals surface area (Å²) in [6, 6.07) is 2.27. The minimum atomic E-state index is -0.642. The maximum atomic E-state index is 13.9. The molecular weight excluding hydrogens is 298 g/mol. The summed E-state index contributed by atoms with van der Waals surface area (Å²) < 4.78 is 35.3. The number of hydrogen-bond acceptors (Lipinski definition) is 2. The van der Waals surface area contributed by atoms with Gasteiger partial charge >= 0.3 is 0 Å². The lowest BCUT2D eigenvalue weighted by molar-refractivity contribution is 0.0754. The lowest BCUT2D eigenvalue weighted by Gasteiger charge is -2.22. The van der Waals surface area contributed by atoms with Crippen LogP contribution in [0.5, 0.6) is 0 Å². The van der Waals surface area contributed by atoms with E-state index in [1.807, 2.05) is 4.57 Å². The van der Waals surface area contributed by atoms with Gasteiger partial charge in [0.1, 0.15) is 17.2 Å². The summed E-state index contributed by atoms with van der Waals surface area (Å²) in [6.45, 7) is 0.672. The molecule has 3 nitrogen and oxygen atoms in total. The van der Waals surface area contributed by atoms with Crippen molar-refractivity contribution in [1.29, 1.82) is 0 Å². The van der Waals surface area contributed by atoms with Gasteiger partial charge in [-0.15, -0.1) is 11.6 Å². The molecule has 0 spiro atoms. The second-order valence-electron chi connectivity index (χ2n) is 5.82. The first-order valence-electron chi connectivity index (χ1n) is 7.22. The molecule has 112 valence electrons. The van der Waals surface area contributed by atoms with E-state index in [4.69, 9.17) is 16.3 Å². The molecule has 21 heavy (non-hydrogen) atoms. The fourth-order valence-electron chi connectivity index (χ4n) is 3.38. The minimum absolute atomic E-state index is 0.0671. The van der Waals surface area contributed by atoms with Crippen LogP contribution in [0.2, 0.25) is 0 Å². The van der Waals surface area contributed by atoms with Gasteiger partial charge in [0.15, 0.2) is 5.82 Å². The zero-order chi connectivity index (χ0) is 14.6. The van der Waals surface area contributed by atoms with E-state index in [1.54, 1.807) is 0 Å². The van der Waals surface area contributed by atoms with E-state index in [-0.39, 0.29) is 23.5 Å². The molecule has 4 rings (SSSR count). The standard InChI is InChI=1S/C15H15ClF2N2O/c16-7-13-19-14-10(18)5-9(17)6-12(14)20(13)11-3-4-21-15(11)8-1-2-8/h5-6,8,11,15H,1-4,7H2. The topological polar surface area (TPSA) is 27.1 Å². The number of aromatic nitrogens is 2. The van der Waals surface area contributed by atoms with Gasteiger partial charge in [-0.2, -0.15) is 0 Å². The molecule has 2 atom stereocenters. The van der Waals surface area contributed by atoms with Crippen LogP contribution in [-0.2, 0) is 10.6 Å². The molecule has 1 saturated heterocycles. The Balaban J connectivity index is 1.89. The SMILES string of the molecule is Fc1cc(F)c2nc(CCl)n(C3CCOC3C3CC3)c2c1. The number of fused-ring (bicyclic) bond motifs is 1. The van der Waals surface area contributed by atoms with Crippen molar-refractivity contribution in [3.05, 3.63) is 29.6 Å². The smallest absolute Gasteiger partial charge is 0.153 e. The zero-order valence-electron chi connectivity index (χ0n) is 11.4. The van der Waals surface area contributed by atoms with Crippen molar-refractivity contribution < 1.29 is 13.5 Å². The van der Waals surface area contributed by atoms with Gasteiger partial charge in [-0.1, -0.05) is 0 Å². The molecule has 2 aliphatic rings. The van der Waals surface area contributed by atoms with Crippen LogP contribution in [0.4, 0.5) is 8.78 Å². The van der Waals surface area contributed by atoms with Crippen molar-refractivity contribution in [2.75, 3.05) is 6.61 Å². The van der Waals surface area contributed by atoms with E-state index in [0.29, 0.717) is 23.9 Å². The van der Waals surface area contributed by atoms with Crippen LogP contribution in [-0.4, -0.2) is 22.3 Å². The molecule has 2 fully saturated rings. The molecule has 1 aliphatic carbocycles. The summed E-state index contributed by atoms with van der Waals surface area (Å²) in [6.07, 6.45) is 3.25. The van der Waals surface area contributed by atoms with Crippen LogP contribution >= 0.6 is 11.6 Å². The molecule has 0 N–H and O–H groups in total. The third-order valence-electron chi connectivity index (χ3n) is 4.43. The Hall–Kier alpha value is -1.20. The van der Waals surface area contributed by atoms with Gasteiger partial charge in [0.25, 0.3) is 0 Å². The minimum Gasteiger partial charge on any atom is -0.376 e. The fraction of sp³-hybridized carbons (Fsp3) is 0.533. The second kappa shape index (κ2) is 4.92. The molecule has 0 bridgehead atoms. The number of hydrogen-bond donors (Lipinski definition) is 0. The lowest BCUT2D eigenvalue weighted by atomic mass is 10.1. The van der Waals surface area contributed by atoms with Crippen LogP contribution in [0, 0.1) is 17.6 Å². The van der Waals surface area contributed by atoms with E-state index in [0.717, 1.165) is 25.3 Å². The van der Waals surface area contributed by atoms with Gasteiger partial charge in [-0.05, 0) is 31.2 Å². The van der Waals surface area contributed by atoms with Crippen molar-refractivity contribution in [3.63, 3.8) is 0 Å². The quantitative estimate of drug-likeness (QED) is 0.806. The van der Waals surface area contributed by atoms with Crippen molar-refractivity contribution in [3.8, 4) is 0 Å². The second-order valence-corrected chi connectivity index (χ2v) is 6.08. The van der Waals surface area contributed by atoms with Gasteiger partial charge < -0.3 is 9.30 Å². The largest absolute Gasteiger partial charge is 0.376 e. The van der Waals surface area contributed by atoms with E-state index < -0.39 is 11.6 Å². The molecule has 2 aromatic rings. The number of alkyl halides is 1. The van der Waals surface area contributed by atoms with E-state index in [1.165, 1.54) is 6.07 Å². The first kappa shape index (κ1) is 13.5. The summed E-state index contributed by atoms with van der Waals surface area (Å²) in [5.74, 6) is 0.0684. The molecule has 1 aromatic heterocycles. The summed E-state index contributed by atoms with van der Waals surface area (Å²) in [4.78, 5) is 4.26. The molecule has 1 aromatic carbocycles. The molecule has 2 unspecified atom stereocenters. The number of rotatable bonds is 3. The third kappa shape index (κ3) is 2.14. The Morgan fingerprint density at radius 3 is 2.81 bits per heavy atom. The predicted molar refractivity (Wildman–Crippen MR) is 75.3 cm³/mol. The van der Waals surface area contributed by atoms with E-state index >= 15 is 0 Å². The summed E-state index contributed by atoms with van der Waals surface area (Å²) in [5, 5.41) is 0. The molecule has 0 amide bonds. The highest BCUT2D eigenvalue weighted by Gasteiger charge is 2.42. The van der Waals surface area contributed by atoms with E-state index in [2.05, 4.69) is 4.98 Å². The molecule has 1 saturated carbocycles. The van der Waals surface area contributed by atoms with Crippen LogP contribution in [0.1, 0.15) is 31.1 Å². The van der Waals surface area contributed by atoms with Gasteiger partial charge in [-0.25, -0.2) is 13.8 Å². The lowest BCUT2D eigenvalue weighted by Crippen LogP contribution is -2.23. The van der Waals surface area contributed by atoms with Gasteiger partial charge in [0.2, 0.25) is 0 Å². The Morgan fingerprint density at radius 1 is 1.29 bits per heavy atom. The van der Waals surface area contributed by atoms with Crippen molar-refractivity contribution >= 4 is 22.6 Å². The highest BCUT2D eigenvalue weighted by atomic mass is 35.5. The first-order valence-corrected chi connectivity index (χ1v) is 7.76. The average Bonchev–Trinajstić information content (AvgIpc) is 3.07. The summed E-state index contributed by atoms with van der Waals surface area (Å²) in [7, 11) is 0. The Kier molecular flexibility index (Phi) is 3.15. The van der Waals surface area contributed by atoms with Gasteiger partial charge in [-0.3, -0.25) is 0 Å². The van der Waals surface area contributed by atoms with Crippen LogP contribution in [0.15, 0.2) is 12.1 Å². The van der Waals surface area contributed by atoms with E-state index in [9.17, 15) is 8.78 Å². The van der Waals surface area contributed by atoms with Crippen LogP contribution in [0.25, 0.3) is 11.0 Å². The van der Waals surface area contributed by atoms with Crippen LogP contribution < -0.4 is 0 Å². The highest BCUT2D eigenvalue weighted by molar-refractivity contribution is 6.16. The number of halogens is 3. The summed E-state index contributed by atoms with van der Waals surface area (Å²) >= 11 is 5.98. The van der Waals surface area contributed by atoms with Crippen molar-refractivity contribution in [2.24, 2.45) is 5.92 Å². The number of nitrogens with zero attached hydrogens (tertiary/aromatic N) is 2.